The first kappa shape index (κ1) is 14.5. The SMILES string of the molecule is Cc1ccc([C@@H](C)NC(=S)Nc2cccnc2)cc1C. The van der Waals surface area contributed by atoms with Crippen LogP contribution in [0.4, 0.5) is 5.69 Å². The fourth-order valence-corrected chi connectivity index (χ4v) is 2.21. The molecule has 0 saturated carbocycles. The first-order valence-corrected chi connectivity index (χ1v) is 7.02. The molecule has 0 aliphatic carbocycles. The van der Waals surface area contributed by atoms with Gasteiger partial charge in [-0.3, -0.25) is 4.98 Å². The zero-order chi connectivity index (χ0) is 14.5. The molecule has 0 saturated heterocycles. The van der Waals surface area contributed by atoms with Crippen molar-refractivity contribution in [2.24, 2.45) is 0 Å². The fraction of sp³-hybridized carbons (Fsp3) is 0.250. The van der Waals surface area contributed by atoms with E-state index in [1.165, 1.54) is 16.7 Å². The van der Waals surface area contributed by atoms with E-state index in [2.05, 4.69) is 54.6 Å². The summed E-state index contributed by atoms with van der Waals surface area (Å²) in [7, 11) is 0. The topological polar surface area (TPSA) is 37.0 Å². The number of pyridine rings is 1. The van der Waals surface area contributed by atoms with E-state index in [0.29, 0.717) is 5.11 Å². The number of rotatable bonds is 3. The number of aromatic nitrogens is 1. The van der Waals surface area contributed by atoms with Crippen LogP contribution in [0.15, 0.2) is 42.7 Å². The molecule has 0 bridgehead atoms. The maximum absolute atomic E-state index is 5.32. The van der Waals surface area contributed by atoms with Gasteiger partial charge in [0.2, 0.25) is 0 Å². The number of hydrogen-bond acceptors (Lipinski definition) is 2. The van der Waals surface area contributed by atoms with E-state index in [9.17, 15) is 0 Å². The smallest absolute Gasteiger partial charge is 0.171 e. The maximum atomic E-state index is 5.32. The summed E-state index contributed by atoms with van der Waals surface area (Å²) < 4.78 is 0. The fourth-order valence-electron chi connectivity index (χ4n) is 1.92. The van der Waals surface area contributed by atoms with Crippen LogP contribution in [0.3, 0.4) is 0 Å². The molecule has 0 aliphatic heterocycles. The standard InChI is InChI=1S/C16H19N3S/c1-11-6-7-14(9-12(11)2)13(3)18-16(20)19-15-5-4-8-17-10-15/h4-10,13H,1-3H3,(H2,18,19,20)/t13-/m1/s1. The lowest BCUT2D eigenvalue weighted by molar-refractivity contribution is 0.721. The van der Waals surface area contributed by atoms with Crippen molar-refractivity contribution < 1.29 is 0 Å². The van der Waals surface area contributed by atoms with Crippen molar-refractivity contribution in [2.45, 2.75) is 26.8 Å². The van der Waals surface area contributed by atoms with E-state index in [-0.39, 0.29) is 6.04 Å². The molecule has 2 aromatic rings. The van der Waals surface area contributed by atoms with Crippen LogP contribution in [-0.2, 0) is 0 Å². The molecule has 1 heterocycles. The van der Waals surface area contributed by atoms with Gasteiger partial charge in [-0.25, -0.2) is 0 Å². The lowest BCUT2D eigenvalue weighted by Crippen LogP contribution is -2.30. The van der Waals surface area contributed by atoms with Crippen LogP contribution in [0, 0.1) is 13.8 Å². The molecule has 0 radical (unpaired) electrons. The minimum atomic E-state index is 0.158. The number of nitrogens with zero attached hydrogens (tertiary/aromatic N) is 1. The highest BCUT2D eigenvalue weighted by Crippen LogP contribution is 2.17. The van der Waals surface area contributed by atoms with Crippen LogP contribution in [0.25, 0.3) is 0 Å². The van der Waals surface area contributed by atoms with Crippen LogP contribution in [0.2, 0.25) is 0 Å². The molecule has 0 unspecified atom stereocenters. The van der Waals surface area contributed by atoms with Gasteiger partial charge in [0.1, 0.15) is 0 Å². The zero-order valence-electron chi connectivity index (χ0n) is 12.0. The monoisotopic (exact) mass is 285 g/mol. The third-order valence-corrected chi connectivity index (χ3v) is 3.52. The molecule has 0 fully saturated rings. The van der Waals surface area contributed by atoms with Crippen molar-refractivity contribution in [1.82, 2.24) is 10.3 Å². The van der Waals surface area contributed by atoms with Crippen molar-refractivity contribution in [3.05, 3.63) is 59.4 Å². The van der Waals surface area contributed by atoms with E-state index in [1.54, 1.807) is 12.4 Å². The Morgan fingerprint density at radius 3 is 2.65 bits per heavy atom. The van der Waals surface area contributed by atoms with Gasteiger partial charge >= 0.3 is 0 Å². The normalized spacial score (nSPS) is 11.8. The number of thiocarbonyl (C=S) groups is 1. The summed E-state index contributed by atoms with van der Waals surface area (Å²) in [6.07, 6.45) is 3.48. The van der Waals surface area contributed by atoms with Crippen LogP contribution >= 0.6 is 12.2 Å². The highest BCUT2D eigenvalue weighted by Gasteiger charge is 2.08. The summed E-state index contributed by atoms with van der Waals surface area (Å²) in [5.41, 5.74) is 4.71. The van der Waals surface area contributed by atoms with Crippen molar-refractivity contribution in [3.8, 4) is 0 Å². The number of nitrogens with one attached hydrogen (secondary N) is 2. The van der Waals surface area contributed by atoms with Crippen LogP contribution in [-0.4, -0.2) is 10.1 Å². The van der Waals surface area contributed by atoms with Crippen molar-refractivity contribution in [2.75, 3.05) is 5.32 Å². The summed E-state index contributed by atoms with van der Waals surface area (Å²) >= 11 is 5.32. The number of benzene rings is 1. The number of aryl methyl sites for hydroxylation is 2. The van der Waals surface area contributed by atoms with Gasteiger partial charge in [0, 0.05) is 6.20 Å². The second-order valence-corrected chi connectivity index (χ2v) is 5.31. The van der Waals surface area contributed by atoms with Gasteiger partial charge in [0.25, 0.3) is 0 Å². The Balaban J connectivity index is 1.98. The Hall–Kier alpha value is -1.94. The minimum absolute atomic E-state index is 0.158. The minimum Gasteiger partial charge on any atom is -0.356 e. The number of anilines is 1. The second kappa shape index (κ2) is 6.48. The highest BCUT2D eigenvalue weighted by atomic mass is 32.1. The van der Waals surface area contributed by atoms with Gasteiger partial charge in [-0.2, -0.15) is 0 Å². The van der Waals surface area contributed by atoms with Crippen molar-refractivity contribution in [1.29, 1.82) is 0 Å². The molecule has 104 valence electrons. The predicted molar refractivity (Wildman–Crippen MR) is 87.9 cm³/mol. The van der Waals surface area contributed by atoms with E-state index < -0.39 is 0 Å². The Morgan fingerprint density at radius 2 is 2.00 bits per heavy atom. The quantitative estimate of drug-likeness (QED) is 0.842. The molecular weight excluding hydrogens is 266 g/mol. The first-order valence-electron chi connectivity index (χ1n) is 6.61. The van der Waals surface area contributed by atoms with E-state index in [1.807, 2.05) is 12.1 Å². The third kappa shape index (κ3) is 3.78. The summed E-state index contributed by atoms with van der Waals surface area (Å²) in [6.45, 7) is 6.34. The number of hydrogen-bond donors (Lipinski definition) is 2. The Bertz CT molecular complexity index is 596. The first-order chi connectivity index (χ1) is 9.56. The van der Waals surface area contributed by atoms with Gasteiger partial charge in [0.15, 0.2) is 5.11 Å². The molecule has 4 heteroatoms. The van der Waals surface area contributed by atoms with E-state index in [4.69, 9.17) is 12.2 Å². The molecule has 1 atom stereocenters. The molecule has 3 nitrogen and oxygen atoms in total. The molecule has 1 aromatic carbocycles. The molecule has 20 heavy (non-hydrogen) atoms. The average molecular weight is 285 g/mol. The lowest BCUT2D eigenvalue weighted by atomic mass is 10.0. The summed E-state index contributed by atoms with van der Waals surface area (Å²) in [5.74, 6) is 0. The Labute approximate surface area is 125 Å². The third-order valence-electron chi connectivity index (χ3n) is 3.30. The van der Waals surface area contributed by atoms with E-state index >= 15 is 0 Å². The Morgan fingerprint density at radius 1 is 1.20 bits per heavy atom. The van der Waals surface area contributed by atoms with Crippen LogP contribution in [0.1, 0.15) is 29.7 Å². The largest absolute Gasteiger partial charge is 0.356 e. The predicted octanol–water partition coefficient (Wildman–Crippen LogP) is 3.75. The lowest BCUT2D eigenvalue weighted by Gasteiger charge is -2.18. The summed E-state index contributed by atoms with van der Waals surface area (Å²) in [5, 5.41) is 7.01. The van der Waals surface area contributed by atoms with Crippen LogP contribution < -0.4 is 10.6 Å². The van der Waals surface area contributed by atoms with Crippen LogP contribution in [0.5, 0.6) is 0 Å². The molecule has 2 rings (SSSR count). The van der Waals surface area contributed by atoms with Gasteiger partial charge < -0.3 is 10.6 Å². The van der Waals surface area contributed by atoms with Gasteiger partial charge in [-0.05, 0) is 61.8 Å². The molecule has 0 aliphatic rings. The highest BCUT2D eigenvalue weighted by molar-refractivity contribution is 7.80. The van der Waals surface area contributed by atoms with Crippen molar-refractivity contribution in [3.63, 3.8) is 0 Å². The van der Waals surface area contributed by atoms with Gasteiger partial charge in [0.05, 0.1) is 17.9 Å². The zero-order valence-corrected chi connectivity index (χ0v) is 12.8. The van der Waals surface area contributed by atoms with Crippen molar-refractivity contribution >= 4 is 23.0 Å². The maximum Gasteiger partial charge on any atom is 0.171 e. The van der Waals surface area contributed by atoms with Gasteiger partial charge in [-0.15, -0.1) is 0 Å². The second-order valence-electron chi connectivity index (χ2n) is 4.91. The summed E-state index contributed by atoms with van der Waals surface area (Å²) in [4.78, 5) is 4.05. The van der Waals surface area contributed by atoms with Gasteiger partial charge in [-0.1, -0.05) is 18.2 Å². The summed E-state index contributed by atoms with van der Waals surface area (Å²) in [6, 6.07) is 10.4. The molecule has 0 spiro atoms. The average Bonchev–Trinajstić information content (AvgIpc) is 2.42. The van der Waals surface area contributed by atoms with E-state index in [0.717, 1.165) is 5.69 Å². The molecule has 0 amide bonds. The Kier molecular flexibility index (Phi) is 4.69. The molecular formula is C16H19N3S. The molecule has 2 N–H and O–H groups in total. The molecule has 1 aromatic heterocycles.